The lowest BCUT2D eigenvalue weighted by atomic mass is 9.66. The summed E-state index contributed by atoms with van der Waals surface area (Å²) in [5, 5.41) is 11.0. The number of aliphatic hydroxyl groups is 1. The van der Waals surface area contributed by atoms with Crippen molar-refractivity contribution in [3.8, 4) is 5.75 Å². The van der Waals surface area contributed by atoms with Gasteiger partial charge >= 0.3 is 6.36 Å². The highest BCUT2D eigenvalue weighted by atomic mass is 19.4. The molecule has 2 aromatic rings. The van der Waals surface area contributed by atoms with Gasteiger partial charge in [0.15, 0.2) is 0 Å². The molecule has 0 atom stereocenters. The van der Waals surface area contributed by atoms with Crippen LogP contribution in [0.15, 0.2) is 54.6 Å². The lowest BCUT2D eigenvalue weighted by Crippen LogP contribution is -2.44. The van der Waals surface area contributed by atoms with Crippen molar-refractivity contribution in [2.75, 3.05) is 11.4 Å². The lowest BCUT2D eigenvalue weighted by Gasteiger charge is -2.41. The number of alkyl halides is 3. The van der Waals surface area contributed by atoms with Crippen LogP contribution in [0.2, 0.25) is 0 Å². The van der Waals surface area contributed by atoms with Gasteiger partial charge < -0.3 is 14.7 Å². The zero-order chi connectivity index (χ0) is 21.4. The van der Waals surface area contributed by atoms with Gasteiger partial charge in [0.05, 0.1) is 11.0 Å². The van der Waals surface area contributed by atoms with Gasteiger partial charge in [-0.15, -0.1) is 13.2 Å². The molecule has 2 aromatic carbocycles. The first kappa shape index (κ1) is 20.7. The van der Waals surface area contributed by atoms with Crippen LogP contribution < -0.4 is 9.64 Å². The summed E-state index contributed by atoms with van der Waals surface area (Å²) in [6.07, 6.45) is -1.15. The van der Waals surface area contributed by atoms with Gasteiger partial charge in [-0.05, 0) is 61.9 Å². The minimum atomic E-state index is -4.74. The fraction of sp³-hybridized carbons (Fsp3) is 0.435. The minimum absolute atomic E-state index is 0.00579. The van der Waals surface area contributed by atoms with Gasteiger partial charge in [-0.1, -0.05) is 30.3 Å². The summed E-state index contributed by atoms with van der Waals surface area (Å²) in [5.41, 5.74) is 0.342. The van der Waals surface area contributed by atoms with E-state index in [2.05, 4.69) is 4.74 Å². The predicted octanol–water partition coefficient (Wildman–Crippen LogP) is 4.86. The summed E-state index contributed by atoms with van der Waals surface area (Å²) >= 11 is 0. The first-order chi connectivity index (χ1) is 14.2. The van der Waals surface area contributed by atoms with Crippen LogP contribution in [-0.4, -0.2) is 29.5 Å². The third-order valence-corrected chi connectivity index (χ3v) is 6.41. The molecular formula is C23H24F3NO3. The molecule has 1 aliphatic carbocycles. The Labute approximate surface area is 173 Å². The molecule has 1 spiro atoms. The van der Waals surface area contributed by atoms with Crippen molar-refractivity contribution >= 4 is 11.6 Å². The lowest BCUT2D eigenvalue weighted by molar-refractivity contribution is -0.274. The van der Waals surface area contributed by atoms with Crippen molar-refractivity contribution in [2.45, 2.75) is 50.5 Å². The van der Waals surface area contributed by atoms with E-state index in [-0.39, 0.29) is 11.7 Å². The van der Waals surface area contributed by atoms with Gasteiger partial charge in [-0.2, -0.15) is 0 Å². The fourth-order valence-electron chi connectivity index (χ4n) is 4.71. The first-order valence-electron chi connectivity index (χ1n) is 10.1. The molecule has 1 saturated heterocycles. The Morgan fingerprint density at radius 2 is 1.57 bits per heavy atom. The summed E-state index contributed by atoms with van der Waals surface area (Å²) in [7, 11) is 0. The van der Waals surface area contributed by atoms with Gasteiger partial charge in [-0.3, -0.25) is 4.79 Å². The van der Waals surface area contributed by atoms with E-state index in [9.17, 15) is 23.1 Å². The second kappa shape index (κ2) is 7.61. The Balaban J connectivity index is 1.41. The Bertz CT molecular complexity index is 888. The average molecular weight is 419 g/mol. The van der Waals surface area contributed by atoms with Crippen molar-refractivity contribution in [1.82, 2.24) is 0 Å². The SMILES string of the molecule is O=C1N(c2ccc(OC(F)(F)F)cc2)CCC12CCC(O)(Cc1ccccc1)CC2. The summed E-state index contributed by atoms with van der Waals surface area (Å²) in [6, 6.07) is 15.2. The molecule has 0 bridgehead atoms. The topological polar surface area (TPSA) is 49.8 Å². The highest BCUT2D eigenvalue weighted by Crippen LogP contribution is 2.49. The smallest absolute Gasteiger partial charge is 0.406 e. The number of rotatable bonds is 4. The number of halogens is 3. The van der Waals surface area contributed by atoms with Crippen LogP contribution in [0.5, 0.6) is 5.75 Å². The number of anilines is 1. The monoisotopic (exact) mass is 419 g/mol. The molecule has 2 aliphatic rings. The Morgan fingerprint density at radius 3 is 2.17 bits per heavy atom. The van der Waals surface area contributed by atoms with Crippen LogP contribution in [0, 0.1) is 5.41 Å². The van der Waals surface area contributed by atoms with E-state index in [1.807, 2.05) is 30.3 Å². The van der Waals surface area contributed by atoms with Crippen molar-refractivity contribution < 1.29 is 27.8 Å². The van der Waals surface area contributed by atoms with Gasteiger partial charge in [0, 0.05) is 18.7 Å². The largest absolute Gasteiger partial charge is 0.573 e. The number of carbonyl (C=O) groups excluding carboxylic acids is 1. The third kappa shape index (κ3) is 4.31. The van der Waals surface area contributed by atoms with Crippen LogP contribution in [0.25, 0.3) is 0 Å². The van der Waals surface area contributed by atoms with Crippen LogP contribution in [0.1, 0.15) is 37.7 Å². The van der Waals surface area contributed by atoms with Crippen LogP contribution >= 0.6 is 0 Å². The molecule has 4 nitrogen and oxygen atoms in total. The average Bonchev–Trinajstić information content (AvgIpc) is 3.01. The predicted molar refractivity (Wildman–Crippen MR) is 106 cm³/mol. The molecule has 1 heterocycles. The Morgan fingerprint density at radius 1 is 0.933 bits per heavy atom. The van der Waals surface area contributed by atoms with Crippen molar-refractivity contribution in [3.63, 3.8) is 0 Å². The molecule has 1 saturated carbocycles. The number of hydrogen-bond acceptors (Lipinski definition) is 3. The Hall–Kier alpha value is -2.54. The normalized spacial score (nSPS) is 26.9. The zero-order valence-corrected chi connectivity index (χ0v) is 16.5. The Kier molecular flexibility index (Phi) is 5.26. The highest BCUT2D eigenvalue weighted by molar-refractivity contribution is 6.00. The molecule has 7 heteroatoms. The molecule has 0 aromatic heterocycles. The minimum Gasteiger partial charge on any atom is -0.406 e. The van der Waals surface area contributed by atoms with E-state index in [1.165, 1.54) is 24.3 Å². The van der Waals surface area contributed by atoms with E-state index in [0.717, 1.165) is 5.56 Å². The molecule has 1 N–H and O–H groups in total. The van der Waals surface area contributed by atoms with E-state index in [0.29, 0.717) is 50.8 Å². The molecule has 1 aliphatic heterocycles. The van der Waals surface area contributed by atoms with Gasteiger partial charge in [0.25, 0.3) is 0 Å². The van der Waals surface area contributed by atoms with E-state index in [1.54, 1.807) is 4.90 Å². The molecule has 0 unspecified atom stereocenters. The van der Waals surface area contributed by atoms with Crippen molar-refractivity contribution in [1.29, 1.82) is 0 Å². The molecular weight excluding hydrogens is 395 g/mol. The number of benzene rings is 2. The summed E-state index contributed by atoms with van der Waals surface area (Å²) in [5.74, 6) is -0.315. The standard InChI is InChI=1S/C23H24F3NO3/c24-23(25,26)30-19-8-6-18(7-9-19)27-15-14-21(20(27)28)10-12-22(29,13-11-21)16-17-4-2-1-3-5-17/h1-9,29H,10-16H2. The number of nitrogens with zero attached hydrogens (tertiary/aromatic N) is 1. The third-order valence-electron chi connectivity index (χ3n) is 6.41. The van der Waals surface area contributed by atoms with Crippen molar-refractivity contribution in [3.05, 3.63) is 60.2 Å². The fourth-order valence-corrected chi connectivity index (χ4v) is 4.71. The van der Waals surface area contributed by atoms with Crippen LogP contribution in [-0.2, 0) is 11.2 Å². The van der Waals surface area contributed by atoms with E-state index < -0.39 is 17.4 Å². The summed E-state index contributed by atoms with van der Waals surface area (Å²) in [4.78, 5) is 14.8. The van der Waals surface area contributed by atoms with Crippen molar-refractivity contribution in [2.24, 2.45) is 5.41 Å². The molecule has 0 radical (unpaired) electrons. The molecule has 30 heavy (non-hydrogen) atoms. The number of ether oxygens (including phenoxy) is 1. The quantitative estimate of drug-likeness (QED) is 0.770. The molecule has 1 amide bonds. The molecule has 160 valence electrons. The second-order valence-corrected chi connectivity index (χ2v) is 8.42. The molecule has 2 fully saturated rings. The first-order valence-corrected chi connectivity index (χ1v) is 10.1. The van der Waals surface area contributed by atoms with Gasteiger partial charge in [0.1, 0.15) is 5.75 Å². The maximum Gasteiger partial charge on any atom is 0.573 e. The number of amides is 1. The summed E-state index contributed by atoms with van der Waals surface area (Å²) in [6.45, 7) is 0.523. The van der Waals surface area contributed by atoms with E-state index in [4.69, 9.17) is 0 Å². The van der Waals surface area contributed by atoms with Crippen LogP contribution in [0.4, 0.5) is 18.9 Å². The van der Waals surface area contributed by atoms with E-state index >= 15 is 0 Å². The van der Waals surface area contributed by atoms with Gasteiger partial charge in [0.2, 0.25) is 5.91 Å². The van der Waals surface area contributed by atoms with Gasteiger partial charge in [-0.25, -0.2) is 0 Å². The van der Waals surface area contributed by atoms with Crippen LogP contribution in [0.3, 0.4) is 0 Å². The summed E-state index contributed by atoms with van der Waals surface area (Å²) < 4.78 is 40.9. The zero-order valence-electron chi connectivity index (χ0n) is 16.5. The maximum atomic E-state index is 13.2. The second-order valence-electron chi connectivity index (χ2n) is 8.42. The molecule has 4 rings (SSSR count). The highest BCUT2D eigenvalue weighted by Gasteiger charge is 2.51. The maximum absolute atomic E-state index is 13.2. The number of carbonyl (C=O) groups is 1. The number of hydrogen-bond donors (Lipinski definition) is 1.